The zero-order valence-corrected chi connectivity index (χ0v) is 16.9. The van der Waals surface area contributed by atoms with Crippen molar-refractivity contribution in [3.63, 3.8) is 0 Å². The van der Waals surface area contributed by atoms with E-state index in [1.807, 2.05) is 0 Å². The molecule has 0 radical (unpaired) electrons. The number of rotatable bonds is 6. The normalized spacial score (nSPS) is 14.4. The zero-order valence-electron chi connectivity index (χ0n) is 12.5. The van der Waals surface area contributed by atoms with Crippen molar-refractivity contribution >= 4 is 39.8 Å². The number of halogens is 1. The molecule has 0 bridgehead atoms. The van der Waals surface area contributed by atoms with E-state index in [4.69, 9.17) is 0 Å². The average molecular weight is 407 g/mol. The maximum absolute atomic E-state index is 3.72. The standard InChI is InChI=1S/C10H18BBrN.3CH3.Sn/c1-5-10(2)8-6-7-9-11(12)13(3)4;;;;/h8-9H,5-6H2,1-4H3;3*1H3;. The molecule has 0 aromatic heterocycles. The van der Waals surface area contributed by atoms with E-state index in [1.54, 1.807) is 3.59 Å². The van der Waals surface area contributed by atoms with Gasteiger partial charge in [-0.15, -0.1) is 0 Å². The molecule has 0 heterocycles. The third-order valence-corrected chi connectivity index (χ3v) is 10.7. The monoisotopic (exact) mass is 407 g/mol. The van der Waals surface area contributed by atoms with Gasteiger partial charge in [0.1, 0.15) is 0 Å². The van der Waals surface area contributed by atoms with Crippen molar-refractivity contribution in [2.75, 3.05) is 14.1 Å². The Morgan fingerprint density at radius 2 is 1.82 bits per heavy atom. The van der Waals surface area contributed by atoms with Crippen LogP contribution in [0.15, 0.2) is 21.2 Å². The quantitative estimate of drug-likeness (QED) is 0.463. The van der Waals surface area contributed by atoms with Crippen LogP contribution in [0, 0.1) is 0 Å². The summed E-state index contributed by atoms with van der Waals surface area (Å²) in [5.74, 6) is 2.43. The van der Waals surface area contributed by atoms with E-state index in [0.717, 1.165) is 6.42 Å². The van der Waals surface area contributed by atoms with Crippen LogP contribution in [0.4, 0.5) is 0 Å². The van der Waals surface area contributed by atoms with Gasteiger partial charge in [-0.05, 0) is 0 Å². The molecule has 0 aliphatic heterocycles. The molecule has 0 unspecified atom stereocenters. The third-order valence-electron chi connectivity index (χ3n) is 3.02. The topological polar surface area (TPSA) is 3.24 Å². The molecule has 0 atom stereocenters. The first-order valence-electron chi connectivity index (χ1n) is 6.35. The van der Waals surface area contributed by atoms with Crippen LogP contribution >= 0.6 is 15.8 Å². The van der Waals surface area contributed by atoms with Crippen LogP contribution in [0.25, 0.3) is 0 Å². The van der Waals surface area contributed by atoms with Crippen molar-refractivity contribution in [1.29, 1.82) is 0 Å². The van der Waals surface area contributed by atoms with E-state index in [-0.39, 0.29) is 0 Å². The molecule has 98 valence electrons. The minimum atomic E-state index is -1.95. The van der Waals surface area contributed by atoms with E-state index in [9.17, 15) is 0 Å². The second-order valence-corrected chi connectivity index (χ2v) is 21.5. The van der Waals surface area contributed by atoms with Gasteiger partial charge in [-0.25, -0.2) is 0 Å². The second-order valence-electron chi connectivity index (χ2n) is 5.89. The molecule has 0 saturated heterocycles. The van der Waals surface area contributed by atoms with Gasteiger partial charge in [0.15, 0.2) is 0 Å². The molecule has 4 heteroatoms. The Balaban J connectivity index is 4.91. The molecule has 0 rings (SSSR count). The summed E-state index contributed by atoms with van der Waals surface area (Å²) < 4.78 is 1.70. The molecular weight excluding hydrogens is 380 g/mol. The van der Waals surface area contributed by atoms with Crippen molar-refractivity contribution < 1.29 is 0 Å². The van der Waals surface area contributed by atoms with Gasteiger partial charge in [-0.1, -0.05) is 0 Å². The van der Waals surface area contributed by atoms with Gasteiger partial charge in [-0.3, -0.25) is 0 Å². The Hall–Kier alpha value is 0.784. The Bertz CT molecular complexity index is 292. The molecule has 0 amide bonds. The van der Waals surface area contributed by atoms with E-state index in [2.05, 4.69) is 75.4 Å². The fraction of sp³-hybridized carbons (Fsp3) is 0.692. The van der Waals surface area contributed by atoms with E-state index in [1.165, 1.54) is 12.0 Å². The molecule has 0 spiro atoms. The predicted octanol–water partition coefficient (Wildman–Crippen LogP) is 4.52. The summed E-state index contributed by atoms with van der Waals surface area (Å²) in [6, 6.07) is 0. The molecule has 0 N–H and O–H groups in total. The molecule has 0 aromatic rings. The summed E-state index contributed by atoms with van der Waals surface area (Å²) in [6.45, 7) is 4.45. The van der Waals surface area contributed by atoms with Crippen molar-refractivity contribution in [3.8, 4) is 0 Å². The van der Waals surface area contributed by atoms with Crippen LogP contribution in [0.2, 0.25) is 14.8 Å². The summed E-state index contributed by atoms with van der Waals surface area (Å²) in [6.07, 6.45) is 4.72. The molecule has 0 aliphatic rings. The van der Waals surface area contributed by atoms with Gasteiger partial charge in [0.2, 0.25) is 0 Å². The molecule has 17 heavy (non-hydrogen) atoms. The van der Waals surface area contributed by atoms with Crippen LogP contribution in [-0.2, 0) is 0 Å². The zero-order chi connectivity index (χ0) is 13.6. The first-order chi connectivity index (χ1) is 7.68. The van der Waals surface area contributed by atoms with Crippen LogP contribution in [0.3, 0.4) is 0 Å². The van der Waals surface area contributed by atoms with Crippen LogP contribution in [0.1, 0.15) is 26.7 Å². The van der Waals surface area contributed by atoms with Crippen molar-refractivity contribution in [2.45, 2.75) is 41.5 Å². The van der Waals surface area contributed by atoms with Crippen molar-refractivity contribution in [2.24, 2.45) is 0 Å². The van der Waals surface area contributed by atoms with Crippen molar-refractivity contribution in [1.82, 2.24) is 4.81 Å². The molecule has 0 aromatic carbocycles. The summed E-state index contributed by atoms with van der Waals surface area (Å²) in [4.78, 5) is 9.68. The Morgan fingerprint density at radius 3 is 2.18 bits per heavy atom. The van der Waals surface area contributed by atoms with Crippen LogP contribution in [0.5, 0.6) is 0 Å². The van der Waals surface area contributed by atoms with Crippen molar-refractivity contribution in [3.05, 3.63) is 21.2 Å². The molecule has 1 nitrogen and oxygen atoms in total. The predicted molar refractivity (Wildman–Crippen MR) is 88.5 cm³/mol. The summed E-state index contributed by atoms with van der Waals surface area (Å²) in [7, 11) is 4.22. The van der Waals surface area contributed by atoms with Crippen LogP contribution < -0.4 is 0 Å². The Morgan fingerprint density at radius 1 is 1.29 bits per heavy atom. The summed E-state index contributed by atoms with van der Waals surface area (Å²) in [5, 5.41) is 0. The van der Waals surface area contributed by atoms with E-state index >= 15 is 0 Å². The van der Waals surface area contributed by atoms with Crippen LogP contribution in [-0.4, -0.2) is 43.0 Å². The maximum atomic E-state index is 3.72. The molecule has 0 fully saturated rings. The Labute approximate surface area is 121 Å². The number of hydrogen-bond acceptors (Lipinski definition) is 1. The van der Waals surface area contributed by atoms with Gasteiger partial charge in [0.05, 0.1) is 0 Å². The SMILES string of the molecule is CCC(C)=CC/[C](=C/B(Br)N(C)C)[Sn]([CH3])([CH3])[CH3]. The van der Waals surface area contributed by atoms with E-state index < -0.39 is 18.4 Å². The van der Waals surface area contributed by atoms with Gasteiger partial charge in [0.25, 0.3) is 0 Å². The van der Waals surface area contributed by atoms with E-state index in [0.29, 0.717) is 5.67 Å². The molecule has 0 saturated carbocycles. The Kier molecular flexibility index (Phi) is 8.43. The molecular formula is C13H27BBrNSn. The number of allylic oxidation sites excluding steroid dienone is 3. The van der Waals surface area contributed by atoms with Gasteiger partial charge < -0.3 is 0 Å². The average Bonchev–Trinajstić information content (AvgIpc) is 2.21. The number of nitrogens with zero attached hydrogens (tertiary/aromatic N) is 1. The first-order valence-corrected chi connectivity index (χ1v) is 17.3. The fourth-order valence-corrected chi connectivity index (χ4v) is 6.30. The van der Waals surface area contributed by atoms with Gasteiger partial charge in [0, 0.05) is 0 Å². The fourth-order valence-electron chi connectivity index (χ4n) is 1.37. The van der Waals surface area contributed by atoms with Gasteiger partial charge in [-0.2, -0.15) is 0 Å². The second kappa shape index (κ2) is 8.05. The van der Waals surface area contributed by atoms with Gasteiger partial charge >= 0.3 is 121 Å². The summed E-state index contributed by atoms with van der Waals surface area (Å²) >= 11 is 1.77. The third kappa shape index (κ3) is 7.73. The minimum absolute atomic E-state index is 0.365. The summed E-state index contributed by atoms with van der Waals surface area (Å²) in [5.41, 5.74) is 1.87. The number of hydrogen-bond donors (Lipinski definition) is 0. The first kappa shape index (κ1) is 17.8. The molecule has 0 aliphatic carbocycles.